The van der Waals surface area contributed by atoms with E-state index in [0.29, 0.717) is 11.8 Å². The van der Waals surface area contributed by atoms with Gasteiger partial charge in [-0.1, -0.05) is 6.07 Å². The highest BCUT2D eigenvalue weighted by atomic mass is 35.5. The van der Waals surface area contributed by atoms with Crippen molar-refractivity contribution in [2.45, 2.75) is 38.7 Å². The van der Waals surface area contributed by atoms with Crippen molar-refractivity contribution >= 4 is 11.6 Å². The van der Waals surface area contributed by atoms with Gasteiger partial charge in [0, 0.05) is 17.9 Å². The van der Waals surface area contributed by atoms with Gasteiger partial charge in [-0.15, -0.1) is 11.6 Å². The second-order valence-electron chi connectivity index (χ2n) is 6.12. The molecule has 1 saturated carbocycles. The summed E-state index contributed by atoms with van der Waals surface area (Å²) in [6.07, 6.45) is 4.61. The molecule has 1 nitrogen and oxygen atoms in total. The molecule has 0 spiro atoms. The zero-order valence-electron chi connectivity index (χ0n) is 11.3. The minimum atomic E-state index is -0.160. The summed E-state index contributed by atoms with van der Waals surface area (Å²) in [5, 5.41) is 0. The summed E-state index contributed by atoms with van der Waals surface area (Å²) in [5.74, 6) is 1.12. The van der Waals surface area contributed by atoms with Gasteiger partial charge in [0.2, 0.25) is 0 Å². The van der Waals surface area contributed by atoms with Gasteiger partial charge in [0.25, 0.3) is 0 Å². The number of aryl methyl sites for hydroxylation is 1. The van der Waals surface area contributed by atoms with E-state index in [2.05, 4.69) is 0 Å². The predicted octanol–water partition coefficient (Wildman–Crippen LogP) is 4.10. The predicted molar refractivity (Wildman–Crippen MR) is 75.1 cm³/mol. The molecule has 1 aliphatic carbocycles. The first-order valence-electron chi connectivity index (χ1n) is 7.07. The van der Waals surface area contributed by atoms with Crippen molar-refractivity contribution < 1.29 is 9.13 Å². The second kappa shape index (κ2) is 5.06. The van der Waals surface area contributed by atoms with E-state index in [-0.39, 0.29) is 17.3 Å². The Bertz CT molecular complexity index is 472. The Hall–Kier alpha value is -0.600. The van der Waals surface area contributed by atoms with Crippen LogP contribution in [0.4, 0.5) is 4.39 Å². The smallest absolute Gasteiger partial charge is 0.123 e. The number of ether oxygens (including phenoxy) is 1. The third kappa shape index (κ3) is 2.53. The minimum Gasteiger partial charge on any atom is -0.377 e. The molecule has 3 rings (SSSR count). The van der Waals surface area contributed by atoms with Crippen LogP contribution in [0.2, 0.25) is 0 Å². The van der Waals surface area contributed by atoms with Gasteiger partial charge in [0.05, 0.1) is 6.10 Å². The Morgan fingerprint density at radius 3 is 2.89 bits per heavy atom. The first-order chi connectivity index (χ1) is 9.14. The van der Waals surface area contributed by atoms with Crippen LogP contribution in [0, 0.1) is 24.1 Å². The molecule has 3 heteroatoms. The first kappa shape index (κ1) is 13.4. The standard InChI is InChI=1S/C16H20ClFO/c1-11-2-5-14(18)8-13(11)9-16(10-17)6-7-19-15(16)12-3-4-12/h2,5,8,12,15H,3-4,6-7,9-10H2,1H3. The third-order valence-electron chi connectivity index (χ3n) is 4.67. The van der Waals surface area contributed by atoms with Crippen molar-refractivity contribution in [1.29, 1.82) is 0 Å². The average Bonchev–Trinajstić information content (AvgIpc) is 3.16. The van der Waals surface area contributed by atoms with Gasteiger partial charge < -0.3 is 4.74 Å². The van der Waals surface area contributed by atoms with E-state index in [9.17, 15) is 4.39 Å². The lowest BCUT2D eigenvalue weighted by Gasteiger charge is -2.33. The number of hydrogen-bond donors (Lipinski definition) is 0. The number of rotatable bonds is 4. The largest absolute Gasteiger partial charge is 0.377 e. The molecule has 1 saturated heterocycles. The maximum absolute atomic E-state index is 13.5. The lowest BCUT2D eigenvalue weighted by atomic mass is 9.75. The molecule has 0 N–H and O–H groups in total. The number of alkyl halides is 1. The fourth-order valence-corrected chi connectivity index (χ4v) is 3.71. The molecule has 19 heavy (non-hydrogen) atoms. The zero-order chi connectivity index (χ0) is 13.5. The summed E-state index contributed by atoms with van der Waals surface area (Å²) < 4.78 is 19.4. The Labute approximate surface area is 119 Å². The summed E-state index contributed by atoms with van der Waals surface area (Å²) in [6, 6.07) is 5.04. The molecule has 2 aliphatic rings. The lowest BCUT2D eigenvalue weighted by molar-refractivity contribution is 0.0402. The van der Waals surface area contributed by atoms with Crippen LogP contribution in [0.25, 0.3) is 0 Å². The van der Waals surface area contributed by atoms with Crippen molar-refractivity contribution in [2.24, 2.45) is 11.3 Å². The number of hydrogen-bond acceptors (Lipinski definition) is 1. The van der Waals surface area contributed by atoms with Gasteiger partial charge in [-0.3, -0.25) is 0 Å². The maximum atomic E-state index is 13.5. The fraction of sp³-hybridized carbons (Fsp3) is 0.625. The normalized spacial score (nSPS) is 30.8. The SMILES string of the molecule is Cc1ccc(F)cc1CC1(CCl)CCOC1C1CC1. The van der Waals surface area contributed by atoms with Crippen LogP contribution < -0.4 is 0 Å². The van der Waals surface area contributed by atoms with E-state index in [1.807, 2.05) is 13.0 Å². The van der Waals surface area contributed by atoms with Crippen molar-refractivity contribution in [3.8, 4) is 0 Å². The molecular formula is C16H20ClFO. The third-order valence-corrected chi connectivity index (χ3v) is 5.20. The van der Waals surface area contributed by atoms with Crippen LogP contribution in [-0.4, -0.2) is 18.6 Å². The average molecular weight is 283 g/mol. The molecule has 0 bridgehead atoms. The highest BCUT2D eigenvalue weighted by Gasteiger charge is 2.50. The maximum Gasteiger partial charge on any atom is 0.123 e. The Morgan fingerprint density at radius 2 is 2.21 bits per heavy atom. The quantitative estimate of drug-likeness (QED) is 0.756. The van der Waals surface area contributed by atoms with E-state index < -0.39 is 0 Å². The molecule has 1 aromatic rings. The molecule has 1 heterocycles. The van der Waals surface area contributed by atoms with Gasteiger partial charge in [-0.25, -0.2) is 4.39 Å². The zero-order valence-corrected chi connectivity index (χ0v) is 12.0. The summed E-state index contributed by atoms with van der Waals surface area (Å²) in [6.45, 7) is 2.83. The van der Waals surface area contributed by atoms with Gasteiger partial charge >= 0.3 is 0 Å². The molecule has 2 fully saturated rings. The van der Waals surface area contributed by atoms with Crippen molar-refractivity contribution in [2.75, 3.05) is 12.5 Å². The van der Waals surface area contributed by atoms with Crippen molar-refractivity contribution in [3.63, 3.8) is 0 Å². The highest BCUT2D eigenvalue weighted by Crippen LogP contribution is 2.50. The van der Waals surface area contributed by atoms with E-state index >= 15 is 0 Å². The van der Waals surface area contributed by atoms with Gasteiger partial charge in [0.15, 0.2) is 0 Å². The molecule has 2 atom stereocenters. The Morgan fingerprint density at radius 1 is 1.42 bits per heavy atom. The molecule has 0 radical (unpaired) electrons. The van der Waals surface area contributed by atoms with Crippen LogP contribution in [0.3, 0.4) is 0 Å². The molecule has 2 unspecified atom stereocenters. The summed E-state index contributed by atoms with van der Waals surface area (Å²) in [7, 11) is 0. The summed E-state index contributed by atoms with van der Waals surface area (Å²) in [4.78, 5) is 0. The van der Waals surface area contributed by atoms with Crippen LogP contribution in [-0.2, 0) is 11.2 Å². The second-order valence-corrected chi connectivity index (χ2v) is 6.39. The molecule has 104 valence electrons. The van der Waals surface area contributed by atoms with Gasteiger partial charge in [-0.2, -0.15) is 0 Å². The monoisotopic (exact) mass is 282 g/mol. The van der Waals surface area contributed by atoms with E-state index in [4.69, 9.17) is 16.3 Å². The molecule has 0 amide bonds. The van der Waals surface area contributed by atoms with Gasteiger partial charge in [-0.05, 0) is 61.8 Å². The molecule has 1 aliphatic heterocycles. The van der Waals surface area contributed by atoms with Crippen LogP contribution in [0.1, 0.15) is 30.4 Å². The Balaban J connectivity index is 1.87. The van der Waals surface area contributed by atoms with Crippen LogP contribution >= 0.6 is 11.6 Å². The van der Waals surface area contributed by atoms with E-state index in [1.54, 1.807) is 6.07 Å². The molecular weight excluding hydrogens is 263 g/mol. The minimum absolute atomic E-state index is 0.00127. The highest BCUT2D eigenvalue weighted by molar-refractivity contribution is 6.18. The number of halogens is 2. The van der Waals surface area contributed by atoms with Crippen LogP contribution in [0.5, 0.6) is 0 Å². The lowest BCUT2D eigenvalue weighted by Crippen LogP contribution is -2.37. The summed E-state index contributed by atoms with van der Waals surface area (Å²) >= 11 is 6.30. The van der Waals surface area contributed by atoms with Crippen molar-refractivity contribution in [3.05, 3.63) is 35.1 Å². The van der Waals surface area contributed by atoms with Crippen molar-refractivity contribution in [1.82, 2.24) is 0 Å². The molecule has 1 aromatic carbocycles. The fourth-order valence-electron chi connectivity index (χ4n) is 3.33. The van der Waals surface area contributed by atoms with E-state index in [1.165, 1.54) is 18.9 Å². The topological polar surface area (TPSA) is 9.23 Å². The van der Waals surface area contributed by atoms with Crippen LogP contribution in [0.15, 0.2) is 18.2 Å². The first-order valence-corrected chi connectivity index (χ1v) is 7.61. The van der Waals surface area contributed by atoms with Gasteiger partial charge in [0.1, 0.15) is 5.82 Å². The summed E-state index contributed by atoms with van der Waals surface area (Å²) in [5.41, 5.74) is 2.23. The number of benzene rings is 1. The molecule has 0 aromatic heterocycles. The Kier molecular flexibility index (Phi) is 3.57. The van der Waals surface area contributed by atoms with E-state index in [0.717, 1.165) is 30.6 Å².